The first-order valence-electron chi connectivity index (χ1n) is 9.86. The van der Waals surface area contributed by atoms with Crippen molar-refractivity contribution in [1.82, 2.24) is 9.55 Å². The van der Waals surface area contributed by atoms with E-state index < -0.39 is 0 Å². The van der Waals surface area contributed by atoms with E-state index in [0.717, 1.165) is 16.9 Å². The monoisotopic (exact) mass is 420 g/mol. The minimum Gasteiger partial charge on any atom is -0.292 e. The van der Waals surface area contributed by atoms with Crippen LogP contribution >= 0.6 is 11.3 Å². The van der Waals surface area contributed by atoms with Gasteiger partial charge in [-0.3, -0.25) is 14.2 Å². The van der Waals surface area contributed by atoms with Crippen molar-refractivity contribution in [3.05, 3.63) is 87.7 Å². The summed E-state index contributed by atoms with van der Waals surface area (Å²) in [7, 11) is 0. The van der Waals surface area contributed by atoms with Gasteiger partial charge in [-0.1, -0.05) is 37.3 Å². The van der Waals surface area contributed by atoms with E-state index >= 15 is 0 Å². The molecule has 0 aliphatic heterocycles. The Kier molecular flexibility index (Phi) is 5.59. The molecule has 0 amide bonds. The molecule has 0 fully saturated rings. The van der Waals surface area contributed by atoms with E-state index in [-0.39, 0.29) is 23.7 Å². The van der Waals surface area contributed by atoms with Crippen molar-refractivity contribution in [2.45, 2.75) is 33.2 Å². The normalized spacial score (nSPS) is 11.2. The Hall–Kier alpha value is -3.12. The molecule has 0 spiro atoms. The van der Waals surface area contributed by atoms with Crippen LogP contribution in [0.25, 0.3) is 20.7 Å². The van der Waals surface area contributed by atoms with E-state index in [1.807, 2.05) is 43.3 Å². The molecule has 4 rings (SSSR count). The molecule has 0 aliphatic rings. The zero-order valence-corrected chi connectivity index (χ0v) is 17.6. The highest BCUT2D eigenvalue weighted by Gasteiger charge is 2.18. The molecule has 30 heavy (non-hydrogen) atoms. The summed E-state index contributed by atoms with van der Waals surface area (Å²) < 4.78 is 15.0. The van der Waals surface area contributed by atoms with Crippen LogP contribution in [-0.2, 0) is 13.0 Å². The van der Waals surface area contributed by atoms with Crippen LogP contribution in [0.3, 0.4) is 0 Å². The van der Waals surface area contributed by atoms with Gasteiger partial charge in [-0.2, -0.15) is 0 Å². The van der Waals surface area contributed by atoms with E-state index in [1.165, 1.54) is 34.1 Å². The smallest absolute Gasteiger partial charge is 0.262 e. The van der Waals surface area contributed by atoms with Crippen LogP contribution in [0.1, 0.15) is 35.1 Å². The maximum absolute atomic E-state index is 13.6. The highest BCUT2D eigenvalue weighted by atomic mass is 32.1. The second-order valence-corrected chi connectivity index (χ2v) is 8.28. The molecule has 0 saturated heterocycles. The maximum atomic E-state index is 13.6. The first-order valence-corrected chi connectivity index (χ1v) is 10.7. The summed E-state index contributed by atoms with van der Waals surface area (Å²) >= 11 is 1.48. The number of nitrogens with zero attached hydrogens (tertiary/aromatic N) is 2. The number of ketones is 1. The number of hydrogen-bond acceptors (Lipinski definition) is 4. The average Bonchev–Trinajstić information content (AvgIpc) is 3.18. The number of halogens is 1. The molecule has 2 heterocycles. The summed E-state index contributed by atoms with van der Waals surface area (Å²) in [4.78, 5) is 32.5. The lowest BCUT2D eigenvalue weighted by molar-refractivity contribution is 0.0969. The van der Waals surface area contributed by atoms with Gasteiger partial charge >= 0.3 is 0 Å². The molecule has 0 unspecified atom stereocenters. The minimum atomic E-state index is -0.356. The Bertz CT molecular complexity index is 1290. The van der Waals surface area contributed by atoms with Gasteiger partial charge in [0.1, 0.15) is 16.5 Å². The predicted octanol–water partition coefficient (Wildman–Crippen LogP) is 5.41. The predicted molar refractivity (Wildman–Crippen MR) is 119 cm³/mol. The van der Waals surface area contributed by atoms with E-state index in [9.17, 15) is 14.0 Å². The third-order valence-electron chi connectivity index (χ3n) is 5.04. The fourth-order valence-corrected chi connectivity index (χ4v) is 4.48. The fourth-order valence-electron chi connectivity index (χ4n) is 3.43. The van der Waals surface area contributed by atoms with Gasteiger partial charge in [0, 0.05) is 16.9 Å². The summed E-state index contributed by atoms with van der Waals surface area (Å²) in [6.45, 7) is 3.51. The zero-order valence-electron chi connectivity index (χ0n) is 16.8. The van der Waals surface area contributed by atoms with E-state index in [1.54, 1.807) is 6.92 Å². The third-order valence-corrected chi connectivity index (χ3v) is 6.12. The maximum Gasteiger partial charge on any atom is 0.262 e. The Balaban J connectivity index is 1.78. The number of carbonyl (C=O) groups is 1. The Morgan fingerprint density at radius 2 is 1.90 bits per heavy atom. The standard InChI is InChI=1S/C24H21FN2O2S/c1-3-7-22-26-23-18(13-21(30-23)16-8-5-4-6-9-16)24(29)27(22)14-20(28)17-10-11-19(25)15(2)12-17/h4-6,8-13H,3,7,14H2,1-2H3. The topological polar surface area (TPSA) is 52.0 Å². The molecule has 4 nitrogen and oxygen atoms in total. The second-order valence-electron chi connectivity index (χ2n) is 7.25. The van der Waals surface area contributed by atoms with Crippen molar-refractivity contribution in [3.8, 4) is 10.4 Å². The van der Waals surface area contributed by atoms with Crippen LogP contribution in [0, 0.1) is 12.7 Å². The van der Waals surface area contributed by atoms with Crippen molar-refractivity contribution in [1.29, 1.82) is 0 Å². The van der Waals surface area contributed by atoms with E-state index in [4.69, 9.17) is 4.98 Å². The summed E-state index contributed by atoms with van der Waals surface area (Å²) in [6, 6.07) is 16.0. The highest BCUT2D eigenvalue weighted by Crippen LogP contribution is 2.31. The van der Waals surface area contributed by atoms with Gasteiger partial charge in [0.25, 0.3) is 5.56 Å². The molecule has 0 saturated carbocycles. The number of aryl methyl sites for hydroxylation is 2. The first-order chi connectivity index (χ1) is 14.5. The highest BCUT2D eigenvalue weighted by molar-refractivity contribution is 7.21. The summed E-state index contributed by atoms with van der Waals surface area (Å²) in [5.41, 5.74) is 1.61. The second kappa shape index (κ2) is 8.32. The molecule has 6 heteroatoms. The van der Waals surface area contributed by atoms with Crippen molar-refractivity contribution >= 4 is 27.3 Å². The summed E-state index contributed by atoms with van der Waals surface area (Å²) in [6.07, 6.45) is 1.40. The van der Waals surface area contributed by atoms with Crippen LogP contribution in [0.15, 0.2) is 59.4 Å². The number of Topliss-reactive ketones (excluding diaryl/α,β-unsaturated/α-hetero) is 1. The molecule has 2 aromatic carbocycles. The molecule has 0 aliphatic carbocycles. The van der Waals surface area contributed by atoms with Crippen molar-refractivity contribution < 1.29 is 9.18 Å². The number of hydrogen-bond donors (Lipinski definition) is 0. The van der Waals surface area contributed by atoms with Gasteiger partial charge in [0.15, 0.2) is 5.78 Å². The molecule has 0 bridgehead atoms. The molecular formula is C24H21FN2O2S. The number of aromatic nitrogens is 2. The number of carbonyl (C=O) groups excluding carboxylic acids is 1. The molecule has 0 N–H and O–H groups in total. The lowest BCUT2D eigenvalue weighted by Crippen LogP contribution is -2.28. The summed E-state index contributed by atoms with van der Waals surface area (Å²) in [5.74, 6) is 0.00560. The molecular weight excluding hydrogens is 399 g/mol. The molecule has 152 valence electrons. The first kappa shape index (κ1) is 20.2. The third kappa shape index (κ3) is 3.83. The molecule has 0 radical (unpaired) electrons. The van der Waals surface area contributed by atoms with Crippen LogP contribution < -0.4 is 5.56 Å². The van der Waals surface area contributed by atoms with Gasteiger partial charge < -0.3 is 0 Å². The Morgan fingerprint density at radius 3 is 2.60 bits per heavy atom. The molecule has 0 atom stereocenters. The SMILES string of the molecule is CCCc1nc2sc(-c3ccccc3)cc2c(=O)n1CC(=O)c1ccc(F)c(C)c1. The zero-order chi connectivity index (χ0) is 21.3. The lowest BCUT2D eigenvalue weighted by Gasteiger charge is -2.11. The van der Waals surface area contributed by atoms with Gasteiger partial charge in [-0.15, -0.1) is 11.3 Å². The number of thiophene rings is 1. The Morgan fingerprint density at radius 1 is 1.13 bits per heavy atom. The number of fused-ring (bicyclic) bond motifs is 1. The van der Waals surface area contributed by atoms with Gasteiger partial charge in [-0.05, 0) is 48.7 Å². The van der Waals surface area contributed by atoms with Crippen molar-refractivity contribution in [2.24, 2.45) is 0 Å². The van der Waals surface area contributed by atoms with Crippen LogP contribution in [-0.4, -0.2) is 15.3 Å². The molecule has 2 aromatic heterocycles. The largest absolute Gasteiger partial charge is 0.292 e. The number of rotatable bonds is 6. The summed E-state index contributed by atoms with van der Waals surface area (Å²) in [5, 5.41) is 0.516. The fraction of sp³-hybridized carbons (Fsp3) is 0.208. The lowest BCUT2D eigenvalue weighted by atomic mass is 10.1. The quantitative estimate of drug-likeness (QED) is 0.392. The van der Waals surface area contributed by atoms with Crippen molar-refractivity contribution in [3.63, 3.8) is 0 Å². The van der Waals surface area contributed by atoms with Crippen LogP contribution in [0.4, 0.5) is 4.39 Å². The van der Waals surface area contributed by atoms with E-state index in [0.29, 0.717) is 33.6 Å². The number of benzene rings is 2. The van der Waals surface area contributed by atoms with Crippen LogP contribution in [0.5, 0.6) is 0 Å². The van der Waals surface area contributed by atoms with E-state index in [2.05, 4.69) is 0 Å². The van der Waals surface area contributed by atoms with Crippen LogP contribution in [0.2, 0.25) is 0 Å². The molecule has 4 aromatic rings. The average molecular weight is 421 g/mol. The minimum absolute atomic E-state index is 0.112. The van der Waals surface area contributed by atoms with Gasteiger partial charge in [0.2, 0.25) is 0 Å². The van der Waals surface area contributed by atoms with Gasteiger partial charge in [0.05, 0.1) is 11.9 Å². The Labute approximate surface area is 177 Å². The van der Waals surface area contributed by atoms with Gasteiger partial charge in [-0.25, -0.2) is 9.37 Å². The van der Waals surface area contributed by atoms with Crippen molar-refractivity contribution in [2.75, 3.05) is 0 Å².